The van der Waals surface area contributed by atoms with Gasteiger partial charge in [-0.05, 0) is 19.8 Å². The largest absolute Gasteiger partial charge is 0.462 e. The van der Waals surface area contributed by atoms with Crippen LogP contribution in [0.15, 0.2) is 16.8 Å². The summed E-state index contributed by atoms with van der Waals surface area (Å²) in [6, 6.07) is -0.865. The van der Waals surface area contributed by atoms with Gasteiger partial charge in [0.15, 0.2) is 17.1 Å². The summed E-state index contributed by atoms with van der Waals surface area (Å²) in [5.74, 6) is -3.22. The summed E-state index contributed by atoms with van der Waals surface area (Å²) in [6.07, 6.45) is -0.508. The van der Waals surface area contributed by atoms with Gasteiger partial charge in [-0.1, -0.05) is 31.0 Å². The molecule has 1 N–H and O–H groups in total. The maximum Gasteiger partial charge on any atom is 0.343 e. The van der Waals surface area contributed by atoms with E-state index in [9.17, 15) is 22.8 Å². The Morgan fingerprint density at radius 1 is 1.24 bits per heavy atom. The molecule has 2 heterocycles. The van der Waals surface area contributed by atoms with Crippen molar-refractivity contribution >= 4 is 28.7 Å². The zero-order chi connectivity index (χ0) is 20.7. The Morgan fingerprint density at radius 3 is 2.66 bits per heavy atom. The Labute approximate surface area is 171 Å². The zero-order valence-corrected chi connectivity index (χ0v) is 16.8. The van der Waals surface area contributed by atoms with Crippen molar-refractivity contribution in [1.82, 2.24) is 10.4 Å². The summed E-state index contributed by atoms with van der Waals surface area (Å²) >= 11 is 1.02. The van der Waals surface area contributed by atoms with Gasteiger partial charge in [0, 0.05) is 6.20 Å². The van der Waals surface area contributed by atoms with E-state index in [1.807, 2.05) is 0 Å². The number of rotatable bonds is 3. The highest BCUT2D eigenvalue weighted by atomic mass is 32.2. The van der Waals surface area contributed by atoms with E-state index in [-0.39, 0.29) is 18.2 Å². The molecule has 2 aliphatic carbocycles. The third-order valence-electron chi connectivity index (χ3n) is 5.97. The van der Waals surface area contributed by atoms with Gasteiger partial charge in [-0.25, -0.2) is 18.0 Å². The topological polar surface area (TPSA) is 71.0 Å². The molecule has 3 fully saturated rings. The predicted molar refractivity (Wildman–Crippen MR) is 102 cm³/mol. The number of esters is 1. The molecule has 2 saturated carbocycles. The predicted octanol–water partition coefficient (Wildman–Crippen LogP) is 2.64. The van der Waals surface area contributed by atoms with Gasteiger partial charge in [0.25, 0.3) is 0 Å². The lowest BCUT2D eigenvalue weighted by molar-refractivity contribution is -0.144. The van der Waals surface area contributed by atoms with E-state index in [0.29, 0.717) is 5.17 Å². The van der Waals surface area contributed by atoms with Crippen LogP contribution in [-0.4, -0.2) is 64.4 Å². The van der Waals surface area contributed by atoms with E-state index in [0.717, 1.165) is 43.9 Å². The Kier molecular flexibility index (Phi) is 5.81. The molecule has 0 aromatic heterocycles. The molecule has 2 aliphatic heterocycles. The van der Waals surface area contributed by atoms with Gasteiger partial charge >= 0.3 is 5.97 Å². The van der Waals surface area contributed by atoms with Crippen molar-refractivity contribution in [2.75, 3.05) is 6.61 Å². The van der Waals surface area contributed by atoms with E-state index in [2.05, 4.69) is 10.4 Å². The zero-order valence-electron chi connectivity index (χ0n) is 16.0. The SMILES string of the molecule is CCOC(=O)C1=CN2NC(=NC3CCCCC3)SC3C(F)C(F)C(F)C(C1=O)C32. The monoisotopic (exact) mass is 431 g/mol. The van der Waals surface area contributed by atoms with Crippen LogP contribution in [0.5, 0.6) is 0 Å². The number of aliphatic imine (C=N–C) groups is 1. The summed E-state index contributed by atoms with van der Waals surface area (Å²) in [5, 5.41) is 0.749. The van der Waals surface area contributed by atoms with Crippen molar-refractivity contribution in [3.8, 4) is 0 Å². The molecule has 29 heavy (non-hydrogen) atoms. The molecule has 6 nitrogen and oxygen atoms in total. The van der Waals surface area contributed by atoms with E-state index < -0.39 is 47.5 Å². The number of hydrazine groups is 1. The highest BCUT2D eigenvalue weighted by Gasteiger charge is 2.61. The van der Waals surface area contributed by atoms with E-state index >= 15 is 0 Å². The van der Waals surface area contributed by atoms with Gasteiger partial charge in [0.2, 0.25) is 0 Å². The number of nitrogens with one attached hydrogen (secondary N) is 1. The van der Waals surface area contributed by atoms with Crippen molar-refractivity contribution < 1.29 is 27.5 Å². The number of carbonyl (C=O) groups excluding carboxylic acids is 2. The fraction of sp³-hybridized carbons (Fsp3) is 0.737. The van der Waals surface area contributed by atoms with Crippen LogP contribution in [-0.2, 0) is 14.3 Å². The van der Waals surface area contributed by atoms with Gasteiger partial charge in [0.05, 0.1) is 29.9 Å². The molecule has 0 aromatic carbocycles. The number of Topliss-reactive ketones (excluding diaryl/α,β-unsaturated/α-hetero) is 1. The smallest absolute Gasteiger partial charge is 0.343 e. The first-order valence-electron chi connectivity index (χ1n) is 10.1. The normalized spacial score (nSPS) is 38.9. The first-order chi connectivity index (χ1) is 13.9. The highest BCUT2D eigenvalue weighted by molar-refractivity contribution is 8.14. The average molecular weight is 431 g/mol. The Morgan fingerprint density at radius 2 is 1.97 bits per heavy atom. The van der Waals surface area contributed by atoms with Crippen LogP contribution in [0.2, 0.25) is 0 Å². The molecule has 10 heteroatoms. The molecule has 160 valence electrons. The minimum absolute atomic E-state index is 0.0369. The summed E-state index contributed by atoms with van der Waals surface area (Å²) in [6.45, 7) is 1.62. The molecule has 4 rings (SSSR count). The van der Waals surface area contributed by atoms with Crippen molar-refractivity contribution in [2.24, 2.45) is 10.9 Å². The molecule has 6 unspecified atom stereocenters. The molecule has 4 aliphatic rings. The summed E-state index contributed by atoms with van der Waals surface area (Å²) in [7, 11) is 0. The van der Waals surface area contributed by atoms with E-state index in [1.54, 1.807) is 6.92 Å². The number of ether oxygens (including phenoxy) is 1. The second kappa shape index (κ2) is 8.20. The number of nitrogens with zero attached hydrogens (tertiary/aromatic N) is 2. The molecule has 0 bridgehead atoms. The minimum atomic E-state index is -2.44. The fourth-order valence-corrected chi connectivity index (χ4v) is 5.89. The molecule has 0 amide bonds. The van der Waals surface area contributed by atoms with Crippen molar-refractivity contribution in [2.45, 2.75) is 74.9 Å². The number of thioether (sulfide) groups is 1. The average Bonchev–Trinajstić information content (AvgIpc) is 2.71. The molecular weight excluding hydrogens is 407 g/mol. The summed E-state index contributed by atoms with van der Waals surface area (Å²) in [4.78, 5) is 29.6. The standard InChI is InChI=1S/C19H24F3N3O3S/c1-2-28-18(27)10-8-25-15-11(16(10)26)12(20)13(21)14(22)17(15)29-19(24-25)23-9-6-4-3-5-7-9/h8-9,11-15,17H,2-7H2,1H3,(H,23,24). The van der Waals surface area contributed by atoms with E-state index in [1.165, 1.54) is 11.2 Å². The number of hydrogen-bond acceptors (Lipinski definition) is 6. The van der Waals surface area contributed by atoms with Crippen LogP contribution in [0.1, 0.15) is 39.0 Å². The van der Waals surface area contributed by atoms with Crippen LogP contribution in [0.4, 0.5) is 13.2 Å². The van der Waals surface area contributed by atoms with Crippen LogP contribution in [0, 0.1) is 5.92 Å². The molecule has 1 saturated heterocycles. The number of halogens is 3. The fourth-order valence-electron chi connectivity index (χ4n) is 4.54. The lowest BCUT2D eigenvalue weighted by atomic mass is 9.74. The van der Waals surface area contributed by atoms with Crippen molar-refractivity contribution in [3.63, 3.8) is 0 Å². The molecule has 0 radical (unpaired) electrons. The quantitative estimate of drug-likeness (QED) is 0.547. The minimum Gasteiger partial charge on any atom is -0.462 e. The Balaban J connectivity index is 1.69. The molecular formula is C19H24F3N3O3S. The van der Waals surface area contributed by atoms with E-state index in [4.69, 9.17) is 4.74 Å². The lowest BCUT2D eigenvalue weighted by Gasteiger charge is -2.52. The third-order valence-corrected chi connectivity index (χ3v) is 7.20. The van der Waals surface area contributed by atoms with Gasteiger partial charge < -0.3 is 4.74 Å². The van der Waals surface area contributed by atoms with Crippen molar-refractivity contribution in [3.05, 3.63) is 11.8 Å². The summed E-state index contributed by atoms with van der Waals surface area (Å²) in [5.41, 5.74) is 2.62. The number of alkyl halides is 3. The van der Waals surface area contributed by atoms with Gasteiger partial charge in [0.1, 0.15) is 17.9 Å². The Hall–Kier alpha value is -1.71. The number of ketones is 1. The molecule has 6 atom stereocenters. The van der Waals surface area contributed by atoms with Crippen LogP contribution in [0.25, 0.3) is 0 Å². The maximum absolute atomic E-state index is 14.8. The van der Waals surface area contributed by atoms with Crippen LogP contribution >= 0.6 is 11.8 Å². The third kappa shape index (κ3) is 3.64. The number of amidine groups is 1. The first kappa shape index (κ1) is 20.6. The second-order valence-electron chi connectivity index (χ2n) is 7.80. The number of carbonyl (C=O) groups is 2. The van der Waals surface area contributed by atoms with Crippen LogP contribution in [0.3, 0.4) is 0 Å². The number of hydrogen-bond donors (Lipinski definition) is 1. The second-order valence-corrected chi connectivity index (χ2v) is 8.97. The highest BCUT2D eigenvalue weighted by Crippen LogP contribution is 2.46. The van der Waals surface area contributed by atoms with Crippen LogP contribution < -0.4 is 5.43 Å². The van der Waals surface area contributed by atoms with Crippen molar-refractivity contribution in [1.29, 1.82) is 0 Å². The molecule has 0 spiro atoms. The lowest BCUT2D eigenvalue weighted by Crippen LogP contribution is -2.70. The summed E-state index contributed by atoms with van der Waals surface area (Å²) < 4.78 is 48.8. The first-order valence-corrected chi connectivity index (χ1v) is 10.9. The van der Waals surface area contributed by atoms with Gasteiger partial charge in [-0.2, -0.15) is 0 Å². The van der Waals surface area contributed by atoms with Gasteiger partial charge in [-0.15, -0.1) is 0 Å². The van der Waals surface area contributed by atoms with Gasteiger partial charge in [-0.3, -0.25) is 20.2 Å². The molecule has 0 aromatic rings. The maximum atomic E-state index is 14.8. The Bertz CT molecular complexity index is 743.